The van der Waals surface area contributed by atoms with Gasteiger partial charge in [-0.15, -0.1) is 0 Å². The van der Waals surface area contributed by atoms with Crippen LogP contribution in [0.1, 0.15) is 40.6 Å². The summed E-state index contributed by atoms with van der Waals surface area (Å²) in [4.78, 5) is 38.7. The van der Waals surface area contributed by atoms with Gasteiger partial charge in [0.1, 0.15) is 5.58 Å². The first-order valence-electron chi connectivity index (χ1n) is 9.77. The van der Waals surface area contributed by atoms with Gasteiger partial charge >= 0.3 is 0 Å². The van der Waals surface area contributed by atoms with Crippen molar-refractivity contribution in [3.8, 4) is 0 Å². The molecule has 3 aromatic rings. The van der Waals surface area contributed by atoms with E-state index in [2.05, 4.69) is 0 Å². The molecule has 0 saturated carbocycles. The van der Waals surface area contributed by atoms with Crippen LogP contribution in [0.4, 0.5) is 5.69 Å². The summed E-state index contributed by atoms with van der Waals surface area (Å²) in [6.07, 6.45) is 1.63. The average Bonchev–Trinajstić information content (AvgIpc) is 3.36. The van der Waals surface area contributed by atoms with Crippen LogP contribution in [-0.4, -0.2) is 35.0 Å². The van der Waals surface area contributed by atoms with Crippen molar-refractivity contribution < 1.29 is 18.9 Å². The minimum absolute atomic E-state index is 0.0278. The van der Waals surface area contributed by atoms with Crippen LogP contribution in [0.5, 0.6) is 0 Å². The molecule has 5 rings (SSSR count). The Kier molecular flexibility index (Phi) is 4.36. The maximum Gasteiger partial charge on any atom is 0.291 e. The molecule has 1 fully saturated rings. The van der Waals surface area contributed by atoms with E-state index in [4.69, 9.17) is 9.15 Å². The number of nitrogens with zero attached hydrogens (tertiary/aromatic N) is 2. The van der Waals surface area contributed by atoms with Crippen LogP contribution in [0, 0.1) is 10.1 Å². The highest BCUT2D eigenvalue weighted by molar-refractivity contribution is 5.99. The zero-order valence-electron chi connectivity index (χ0n) is 15.9. The Bertz CT molecular complexity index is 1210. The lowest BCUT2D eigenvalue weighted by Crippen LogP contribution is -2.36. The SMILES string of the molecule is O=C1c2oc3ccccc3c(=O)c2C(c2ccc([N+](=O)[O-])cc2)N1CC1CCCO1. The molecule has 152 valence electrons. The second-order valence-corrected chi connectivity index (χ2v) is 7.51. The molecule has 8 heteroatoms. The third-order valence-electron chi connectivity index (χ3n) is 5.72. The van der Waals surface area contributed by atoms with Gasteiger partial charge in [-0.1, -0.05) is 12.1 Å². The normalized spacial score (nSPS) is 20.7. The number of amides is 1. The molecule has 1 amide bonds. The number of carbonyl (C=O) groups is 1. The van der Waals surface area contributed by atoms with Gasteiger partial charge < -0.3 is 14.1 Å². The summed E-state index contributed by atoms with van der Waals surface area (Å²) in [5.74, 6) is -0.341. The molecule has 0 N–H and O–H groups in total. The van der Waals surface area contributed by atoms with Crippen LogP contribution in [0.2, 0.25) is 0 Å². The molecular weight excluding hydrogens is 388 g/mol. The Morgan fingerprint density at radius 1 is 1.10 bits per heavy atom. The summed E-state index contributed by atoms with van der Waals surface area (Å²) in [5.41, 5.74) is 0.924. The lowest BCUT2D eigenvalue weighted by Gasteiger charge is -2.27. The standard InChI is InChI=1S/C22H18N2O6/c25-20-16-5-1-2-6-17(16)30-21-18(20)19(13-7-9-14(10-8-13)24(27)28)23(22(21)26)12-15-4-3-11-29-15/h1-2,5-10,15,19H,3-4,11-12H2. The van der Waals surface area contributed by atoms with Crippen LogP contribution < -0.4 is 5.43 Å². The Balaban J connectivity index is 1.67. The monoisotopic (exact) mass is 406 g/mol. The Morgan fingerprint density at radius 2 is 1.87 bits per heavy atom. The first kappa shape index (κ1) is 18.5. The van der Waals surface area contributed by atoms with E-state index in [-0.39, 0.29) is 34.5 Å². The first-order valence-corrected chi connectivity index (χ1v) is 9.77. The molecule has 30 heavy (non-hydrogen) atoms. The average molecular weight is 406 g/mol. The third kappa shape index (κ3) is 2.88. The molecular formula is C22H18N2O6. The highest BCUT2D eigenvalue weighted by Gasteiger charge is 2.43. The molecule has 0 spiro atoms. The van der Waals surface area contributed by atoms with Crippen LogP contribution in [0.15, 0.2) is 57.7 Å². The van der Waals surface area contributed by atoms with Gasteiger partial charge in [-0.25, -0.2) is 0 Å². The van der Waals surface area contributed by atoms with E-state index in [1.165, 1.54) is 12.1 Å². The van der Waals surface area contributed by atoms with Crippen LogP contribution in [-0.2, 0) is 4.74 Å². The minimum Gasteiger partial charge on any atom is -0.450 e. The van der Waals surface area contributed by atoms with Gasteiger partial charge in [0.15, 0.2) is 5.43 Å². The van der Waals surface area contributed by atoms with E-state index >= 15 is 0 Å². The lowest BCUT2D eigenvalue weighted by molar-refractivity contribution is -0.384. The van der Waals surface area contributed by atoms with Gasteiger partial charge in [0, 0.05) is 25.3 Å². The number of carbonyl (C=O) groups excluding carboxylic acids is 1. The molecule has 0 bridgehead atoms. The summed E-state index contributed by atoms with van der Waals surface area (Å²) in [6, 6.07) is 12.1. The van der Waals surface area contributed by atoms with Crippen molar-refractivity contribution in [2.45, 2.75) is 25.0 Å². The maximum atomic E-state index is 13.3. The number of benzene rings is 2. The highest BCUT2D eigenvalue weighted by Crippen LogP contribution is 2.39. The van der Waals surface area contributed by atoms with E-state index in [1.807, 2.05) is 0 Å². The fourth-order valence-corrected chi connectivity index (χ4v) is 4.29. The molecule has 8 nitrogen and oxygen atoms in total. The molecule has 2 aromatic carbocycles. The molecule has 1 saturated heterocycles. The molecule has 0 radical (unpaired) electrons. The van der Waals surface area contributed by atoms with Crippen molar-refractivity contribution >= 4 is 22.6 Å². The van der Waals surface area contributed by atoms with Crippen LogP contribution in [0.25, 0.3) is 11.0 Å². The van der Waals surface area contributed by atoms with Crippen molar-refractivity contribution in [3.05, 3.63) is 85.8 Å². The van der Waals surface area contributed by atoms with Crippen molar-refractivity contribution in [1.29, 1.82) is 0 Å². The predicted octanol–water partition coefficient (Wildman–Crippen LogP) is 3.43. The number of hydrogen-bond donors (Lipinski definition) is 0. The van der Waals surface area contributed by atoms with Crippen molar-refractivity contribution in [2.75, 3.05) is 13.2 Å². The first-order chi connectivity index (χ1) is 14.5. The van der Waals surface area contributed by atoms with Gasteiger partial charge in [0.25, 0.3) is 11.6 Å². The topological polar surface area (TPSA) is 103 Å². The van der Waals surface area contributed by atoms with E-state index in [1.54, 1.807) is 41.3 Å². The number of non-ortho nitro benzene ring substituents is 1. The minimum atomic E-state index is -0.682. The molecule has 1 aromatic heterocycles. The fourth-order valence-electron chi connectivity index (χ4n) is 4.29. The molecule has 2 aliphatic heterocycles. The van der Waals surface area contributed by atoms with Gasteiger partial charge in [0.2, 0.25) is 5.76 Å². The Hall–Kier alpha value is -3.52. The number of nitro benzene ring substituents is 1. The summed E-state index contributed by atoms with van der Waals surface area (Å²) < 4.78 is 11.6. The fraction of sp³-hybridized carbons (Fsp3) is 0.273. The molecule has 2 unspecified atom stereocenters. The van der Waals surface area contributed by atoms with Crippen LogP contribution in [0.3, 0.4) is 0 Å². The Morgan fingerprint density at radius 3 is 2.57 bits per heavy atom. The van der Waals surface area contributed by atoms with Crippen molar-refractivity contribution in [1.82, 2.24) is 4.90 Å². The van der Waals surface area contributed by atoms with E-state index in [0.717, 1.165) is 12.8 Å². The summed E-state index contributed by atoms with van der Waals surface area (Å²) in [6.45, 7) is 0.962. The van der Waals surface area contributed by atoms with Gasteiger partial charge in [-0.05, 0) is 42.7 Å². The molecule has 0 aliphatic carbocycles. The van der Waals surface area contributed by atoms with E-state index in [9.17, 15) is 19.7 Å². The molecule has 3 heterocycles. The molecule has 2 atom stereocenters. The number of ether oxygens (including phenoxy) is 1. The summed E-state index contributed by atoms with van der Waals surface area (Å²) >= 11 is 0. The lowest BCUT2D eigenvalue weighted by atomic mass is 9.98. The number of rotatable bonds is 4. The summed E-state index contributed by atoms with van der Waals surface area (Å²) in [7, 11) is 0. The quantitative estimate of drug-likeness (QED) is 0.486. The number of para-hydroxylation sites is 1. The van der Waals surface area contributed by atoms with Crippen molar-refractivity contribution in [2.24, 2.45) is 0 Å². The van der Waals surface area contributed by atoms with Gasteiger partial charge in [0.05, 0.1) is 28.0 Å². The highest BCUT2D eigenvalue weighted by atomic mass is 16.6. The summed E-state index contributed by atoms with van der Waals surface area (Å²) in [5, 5.41) is 11.4. The zero-order valence-corrected chi connectivity index (χ0v) is 15.9. The second-order valence-electron chi connectivity index (χ2n) is 7.51. The van der Waals surface area contributed by atoms with Crippen molar-refractivity contribution in [3.63, 3.8) is 0 Å². The predicted molar refractivity (Wildman–Crippen MR) is 107 cm³/mol. The number of nitro groups is 1. The third-order valence-corrected chi connectivity index (χ3v) is 5.72. The number of fused-ring (bicyclic) bond motifs is 2. The zero-order chi connectivity index (χ0) is 20.8. The van der Waals surface area contributed by atoms with Crippen LogP contribution >= 0.6 is 0 Å². The number of hydrogen-bond acceptors (Lipinski definition) is 6. The second kappa shape index (κ2) is 7.07. The van der Waals surface area contributed by atoms with E-state index < -0.39 is 11.0 Å². The molecule has 2 aliphatic rings. The Labute approximate surface area is 170 Å². The smallest absolute Gasteiger partial charge is 0.291 e. The van der Waals surface area contributed by atoms with Gasteiger partial charge in [-0.3, -0.25) is 19.7 Å². The largest absolute Gasteiger partial charge is 0.450 e. The van der Waals surface area contributed by atoms with E-state index in [0.29, 0.717) is 29.7 Å². The van der Waals surface area contributed by atoms with Gasteiger partial charge in [-0.2, -0.15) is 0 Å². The maximum absolute atomic E-state index is 13.3.